The minimum absolute atomic E-state index is 0.0993. The number of Topliss-reactive ketones (excluding diaryl/α,β-unsaturated/α-hetero) is 1. The molecule has 26 heavy (non-hydrogen) atoms. The molecule has 0 aliphatic heterocycles. The van der Waals surface area contributed by atoms with Gasteiger partial charge in [-0.15, -0.1) is 23.1 Å². The SMILES string of the molecule is CC(C)(C)c1ccc(SCC(=O)c2ccc(CCNS(C)(=O)=O)s2)cc1. The van der Waals surface area contributed by atoms with Crippen molar-refractivity contribution in [3.05, 3.63) is 51.7 Å². The van der Waals surface area contributed by atoms with Gasteiger partial charge in [0.05, 0.1) is 16.9 Å². The molecular weight excluding hydrogens is 386 g/mol. The highest BCUT2D eigenvalue weighted by atomic mass is 32.2. The molecule has 142 valence electrons. The van der Waals surface area contributed by atoms with Crippen molar-refractivity contribution in [3.8, 4) is 0 Å². The summed E-state index contributed by atoms with van der Waals surface area (Å²) in [6.45, 7) is 6.89. The van der Waals surface area contributed by atoms with E-state index in [0.29, 0.717) is 18.7 Å². The first-order valence-corrected chi connectivity index (χ1v) is 12.0. The van der Waals surface area contributed by atoms with Gasteiger partial charge in [-0.05, 0) is 41.7 Å². The molecule has 0 amide bonds. The van der Waals surface area contributed by atoms with Gasteiger partial charge in [0.1, 0.15) is 0 Å². The van der Waals surface area contributed by atoms with Gasteiger partial charge in [-0.1, -0.05) is 32.9 Å². The number of thioether (sulfide) groups is 1. The smallest absolute Gasteiger partial charge is 0.208 e. The summed E-state index contributed by atoms with van der Waals surface area (Å²) < 4.78 is 24.6. The van der Waals surface area contributed by atoms with E-state index in [1.807, 2.05) is 12.1 Å². The third-order valence-corrected chi connectivity index (χ3v) is 6.69. The Balaban J connectivity index is 1.86. The van der Waals surface area contributed by atoms with Crippen molar-refractivity contribution >= 4 is 38.9 Å². The molecule has 4 nitrogen and oxygen atoms in total. The molecule has 0 aliphatic rings. The van der Waals surface area contributed by atoms with Gasteiger partial charge in [0.2, 0.25) is 10.0 Å². The summed E-state index contributed by atoms with van der Waals surface area (Å²) >= 11 is 2.97. The Kier molecular flexibility index (Phi) is 7.07. The molecule has 0 fully saturated rings. The Morgan fingerprint density at radius 3 is 2.35 bits per heavy atom. The Hall–Kier alpha value is -1.15. The van der Waals surface area contributed by atoms with Gasteiger partial charge in [0, 0.05) is 16.3 Å². The maximum absolute atomic E-state index is 12.4. The van der Waals surface area contributed by atoms with Gasteiger partial charge >= 0.3 is 0 Å². The van der Waals surface area contributed by atoms with Crippen molar-refractivity contribution < 1.29 is 13.2 Å². The zero-order valence-electron chi connectivity index (χ0n) is 15.5. The second kappa shape index (κ2) is 8.69. The maximum atomic E-state index is 12.4. The lowest BCUT2D eigenvalue weighted by Gasteiger charge is -2.18. The van der Waals surface area contributed by atoms with Crippen LogP contribution in [0.3, 0.4) is 0 Å². The fourth-order valence-corrected chi connectivity index (χ4v) is 4.58. The molecule has 0 aliphatic carbocycles. The Bertz CT molecular complexity index is 847. The van der Waals surface area contributed by atoms with E-state index >= 15 is 0 Å². The van der Waals surface area contributed by atoms with Crippen LogP contribution in [0.2, 0.25) is 0 Å². The Morgan fingerprint density at radius 1 is 1.12 bits per heavy atom. The van der Waals surface area contributed by atoms with Crippen LogP contribution in [0.4, 0.5) is 0 Å². The highest BCUT2D eigenvalue weighted by molar-refractivity contribution is 8.00. The normalized spacial score (nSPS) is 12.3. The Morgan fingerprint density at radius 2 is 1.77 bits per heavy atom. The highest BCUT2D eigenvalue weighted by Gasteiger charge is 2.14. The molecule has 0 saturated heterocycles. The molecule has 2 aromatic rings. The lowest BCUT2D eigenvalue weighted by Crippen LogP contribution is -2.23. The van der Waals surface area contributed by atoms with Crippen LogP contribution in [0.25, 0.3) is 0 Å². The number of hydrogen-bond donors (Lipinski definition) is 1. The molecule has 1 N–H and O–H groups in total. The molecule has 7 heteroatoms. The van der Waals surface area contributed by atoms with Crippen molar-refractivity contribution in [1.82, 2.24) is 4.72 Å². The number of rotatable bonds is 8. The fraction of sp³-hybridized carbons (Fsp3) is 0.421. The predicted octanol–water partition coefficient (Wildman–Crippen LogP) is 4.11. The summed E-state index contributed by atoms with van der Waals surface area (Å²) in [5, 5.41) is 0. The molecule has 0 atom stereocenters. The minimum Gasteiger partial charge on any atom is -0.292 e. The van der Waals surface area contributed by atoms with Gasteiger partial charge < -0.3 is 0 Å². The van der Waals surface area contributed by atoms with Crippen LogP contribution in [-0.4, -0.2) is 32.8 Å². The van der Waals surface area contributed by atoms with E-state index in [-0.39, 0.29) is 11.2 Å². The van der Waals surface area contributed by atoms with Gasteiger partial charge in [0.25, 0.3) is 0 Å². The first-order chi connectivity index (χ1) is 12.0. The molecular formula is C19H25NO3S3. The van der Waals surface area contributed by atoms with Crippen LogP contribution in [0.15, 0.2) is 41.3 Å². The Labute approximate surface area is 164 Å². The summed E-state index contributed by atoms with van der Waals surface area (Å²) in [6.07, 6.45) is 1.73. The standard InChI is InChI=1S/C19H25NO3S3/c1-19(2,3)14-5-7-15(8-6-14)24-13-17(21)18-10-9-16(25-18)11-12-20-26(4,22)23/h5-10,20H,11-13H2,1-4H3. The topological polar surface area (TPSA) is 63.2 Å². The maximum Gasteiger partial charge on any atom is 0.208 e. The number of nitrogens with one attached hydrogen (secondary N) is 1. The average Bonchev–Trinajstić information content (AvgIpc) is 3.00. The van der Waals surface area contributed by atoms with Crippen LogP contribution < -0.4 is 4.72 Å². The zero-order chi connectivity index (χ0) is 19.4. The van der Waals surface area contributed by atoms with Crippen LogP contribution in [0.5, 0.6) is 0 Å². The van der Waals surface area contributed by atoms with Crippen LogP contribution in [0.1, 0.15) is 40.9 Å². The largest absolute Gasteiger partial charge is 0.292 e. The lowest BCUT2D eigenvalue weighted by atomic mass is 9.87. The van der Waals surface area contributed by atoms with Crippen molar-refractivity contribution in [3.63, 3.8) is 0 Å². The van der Waals surface area contributed by atoms with Gasteiger partial charge in [0.15, 0.2) is 5.78 Å². The van der Waals surface area contributed by atoms with Gasteiger partial charge in [-0.3, -0.25) is 4.79 Å². The molecule has 0 radical (unpaired) electrons. The third kappa shape index (κ3) is 6.87. The summed E-state index contributed by atoms with van der Waals surface area (Å²) in [5.74, 6) is 0.498. The number of hydrogen-bond acceptors (Lipinski definition) is 5. The first kappa shape index (κ1) is 21.2. The number of thiophene rings is 1. The van der Waals surface area contributed by atoms with E-state index in [4.69, 9.17) is 0 Å². The molecule has 1 heterocycles. The predicted molar refractivity (Wildman–Crippen MR) is 111 cm³/mol. The molecule has 0 bridgehead atoms. The molecule has 2 rings (SSSR count). The van der Waals surface area contributed by atoms with E-state index in [9.17, 15) is 13.2 Å². The zero-order valence-corrected chi connectivity index (χ0v) is 18.0. The van der Waals surface area contributed by atoms with Crippen molar-refractivity contribution in [1.29, 1.82) is 0 Å². The highest BCUT2D eigenvalue weighted by Crippen LogP contribution is 2.27. The fourth-order valence-electron chi connectivity index (χ4n) is 2.29. The van der Waals surface area contributed by atoms with E-state index in [2.05, 4.69) is 49.8 Å². The number of carbonyl (C=O) groups excluding carboxylic acids is 1. The van der Waals surface area contributed by atoms with Gasteiger partial charge in [-0.25, -0.2) is 13.1 Å². The van der Waals surface area contributed by atoms with Crippen molar-refractivity contribution in [2.45, 2.75) is 37.5 Å². The molecule has 1 aromatic carbocycles. The lowest BCUT2D eigenvalue weighted by molar-refractivity contribution is 0.102. The number of benzene rings is 1. The van der Waals surface area contributed by atoms with Crippen molar-refractivity contribution in [2.75, 3.05) is 18.6 Å². The average molecular weight is 412 g/mol. The second-order valence-electron chi connectivity index (χ2n) is 7.17. The minimum atomic E-state index is -3.17. The summed E-state index contributed by atoms with van der Waals surface area (Å²) in [7, 11) is -3.17. The summed E-state index contributed by atoms with van der Waals surface area (Å²) in [5.41, 5.74) is 1.40. The van der Waals surface area contributed by atoms with Crippen LogP contribution in [0, 0.1) is 0 Å². The molecule has 0 saturated carbocycles. The van der Waals surface area contributed by atoms with E-state index in [1.54, 1.807) is 0 Å². The van der Waals surface area contributed by atoms with E-state index < -0.39 is 10.0 Å². The van der Waals surface area contributed by atoms with Crippen molar-refractivity contribution in [2.24, 2.45) is 0 Å². The quantitative estimate of drug-likeness (QED) is 0.524. The van der Waals surface area contributed by atoms with E-state index in [0.717, 1.165) is 20.9 Å². The van der Waals surface area contributed by atoms with Crippen LogP contribution in [-0.2, 0) is 21.9 Å². The number of ketones is 1. The summed E-state index contributed by atoms with van der Waals surface area (Å²) in [4.78, 5) is 15.2. The second-order valence-corrected chi connectivity index (χ2v) is 11.2. The third-order valence-electron chi connectivity index (χ3n) is 3.76. The molecule has 0 spiro atoms. The first-order valence-electron chi connectivity index (χ1n) is 8.34. The van der Waals surface area contributed by atoms with Crippen LogP contribution >= 0.6 is 23.1 Å². The molecule has 1 aromatic heterocycles. The summed E-state index contributed by atoms with van der Waals surface area (Å²) in [6, 6.07) is 12.1. The number of sulfonamides is 1. The monoisotopic (exact) mass is 411 g/mol. The van der Waals surface area contributed by atoms with E-state index in [1.165, 1.54) is 28.7 Å². The van der Waals surface area contributed by atoms with Gasteiger partial charge in [-0.2, -0.15) is 0 Å². The number of carbonyl (C=O) groups is 1. The molecule has 0 unspecified atom stereocenters.